The van der Waals surface area contributed by atoms with Gasteiger partial charge in [-0.25, -0.2) is 0 Å². The molecule has 0 amide bonds. The first-order chi connectivity index (χ1) is 7.81. The zero-order valence-corrected chi connectivity index (χ0v) is 10.0. The zero-order valence-electron chi connectivity index (χ0n) is 10.0. The van der Waals surface area contributed by atoms with Crippen molar-refractivity contribution < 1.29 is 0 Å². The van der Waals surface area contributed by atoms with Crippen molar-refractivity contribution in [1.82, 2.24) is 0 Å². The van der Waals surface area contributed by atoms with E-state index >= 15 is 0 Å². The summed E-state index contributed by atoms with van der Waals surface area (Å²) in [7, 11) is 0. The smallest absolute Gasteiger partial charge is 0.0181 e. The number of hydrogen-bond acceptors (Lipinski definition) is 0. The fourth-order valence-electron chi connectivity index (χ4n) is 1.94. The Morgan fingerprint density at radius 1 is 1.25 bits per heavy atom. The van der Waals surface area contributed by atoms with Gasteiger partial charge in [-0.05, 0) is 55.0 Å². The lowest BCUT2D eigenvalue weighted by atomic mass is 9.96. The van der Waals surface area contributed by atoms with Gasteiger partial charge >= 0.3 is 0 Å². The van der Waals surface area contributed by atoms with Crippen LogP contribution < -0.4 is 0 Å². The van der Waals surface area contributed by atoms with E-state index in [4.69, 9.17) is 0 Å². The minimum Gasteiger partial charge on any atom is -0.0841 e. The normalized spacial score (nSPS) is 16.1. The maximum atomic E-state index is 2.32. The molecule has 1 aromatic rings. The lowest BCUT2D eigenvalue weighted by Gasteiger charge is -2.09. The average molecular weight is 210 g/mol. The Morgan fingerprint density at radius 2 is 2.12 bits per heavy atom. The molecule has 0 aliphatic heterocycles. The topological polar surface area (TPSA) is 0 Å². The van der Waals surface area contributed by atoms with Crippen LogP contribution in [-0.2, 0) is 0 Å². The van der Waals surface area contributed by atoms with Crippen LogP contribution in [0.25, 0.3) is 11.1 Å². The molecule has 0 saturated carbocycles. The molecule has 0 radical (unpaired) electrons. The second-order valence-corrected chi connectivity index (χ2v) is 4.19. The molecule has 0 nitrogen and oxygen atoms in total. The van der Waals surface area contributed by atoms with Gasteiger partial charge in [0.25, 0.3) is 0 Å². The van der Waals surface area contributed by atoms with E-state index in [9.17, 15) is 0 Å². The molecule has 0 saturated heterocycles. The third kappa shape index (κ3) is 2.33. The van der Waals surface area contributed by atoms with E-state index in [0.29, 0.717) is 0 Å². The molecule has 0 atom stereocenters. The predicted octanol–water partition coefficient (Wildman–Crippen LogP) is 4.84. The molecule has 16 heavy (non-hydrogen) atoms. The van der Waals surface area contributed by atoms with Crippen molar-refractivity contribution in [2.75, 3.05) is 0 Å². The summed E-state index contributed by atoms with van der Waals surface area (Å²) in [4.78, 5) is 0. The lowest BCUT2D eigenvalue weighted by molar-refractivity contribution is 1.04. The maximum absolute atomic E-state index is 2.32. The Kier molecular flexibility index (Phi) is 3.40. The van der Waals surface area contributed by atoms with E-state index < -0.39 is 0 Å². The third-order valence-electron chi connectivity index (χ3n) is 3.08. The molecule has 2 rings (SSSR count). The first kappa shape index (κ1) is 10.9. The molecular weight excluding hydrogens is 192 g/mol. The second-order valence-electron chi connectivity index (χ2n) is 4.19. The van der Waals surface area contributed by atoms with Crippen LogP contribution in [-0.4, -0.2) is 0 Å². The molecule has 0 unspecified atom stereocenters. The van der Waals surface area contributed by atoms with Gasteiger partial charge in [0.15, 0.2) is 0 Å². The van der Waals surface area contributed by atoms with Gasteiger partial charge in [-0.3, -0.25) is 0 Å². The van der Waals surface area contributed by atoms with E-state index in [1.807, 2.05) is 0 Å². The van der Waals surface area contributed by atoms with Crippen molar-refractivity contribution in [3.63, 3.8) is 0 Å². The summed E-state index contributed by atoms with van der Waals surface area (Å²) in [6, 6.07) is 8.78. The van der Waals surface area contributed by atoms with Crippen LogP contribution in [0.5, 0.6) is 0 Å². The summed E-state index contributed by atoms with van der Waals surface area (Å²) < 4.78 is 0. The van der Waals surface area contributed by atoms with Gasteiger partial charge in [-0.1, -0.05) is 42.5 Å². The van der Waals surface area contributed by atoms with Gasteiger partial charge < -0.3 is 0 Å². The summed E-state index contributed by atoms with van der Waals surface area (Å²) in [6.45, 7) is 4.24. The van der Waals surface area contributed by atoms with Gasteiger partial charge in [0.2, 0.25) is 0 Å². The van der Waals surface area contributed by atoms with Gasteiger partial charge in [0.05, 0.1) is 0 Å². The predicted molar refractivity (Wildman–Crippen MR) is 72.1 cm³/mol. The van der Waals surface area contributed by atoms with Crippen LogP contribution in [0.15, 0.2) is 48.6 Å². The molecule has 0 heteroatoms. The maximum Gasteiger partial charge on any atom is -0.0181 e. The Hall–Kier alpha value is -1.56. The van der Waals surface area contributed by atoms with Gasteiger partial charge in [0.1, 0.15) is 0 Å². The van der Waals surface area contributed by atoms with Crippen LogP contribution in [0.1, 0.15) is 37.8 Å². The standard InChI is InChI=1S/C16H18/c1-3-13(2)15-10-7-11-16(12-15)14-8-5-4-6-9-14/h3,5,7-12H,4,6H2,1-2H3/b13-3+. The second kappa shape index (κ2) is 4.98. The van der Waals surface area contributed by atoms with Crippen LogP contribution in [0.2, 0.25) is 0 Å². The van der Waals surface area contributed by atoms with Gasteiger partial charge in [-0.15, -0.1) is 0 Å². The largest absolute Gasteiger partial charge is 0.0841 e. The molecule has 0 heterocycles. The number of allylic oxidation sites excluding steroid dienone is 6. The van der Waals surface area contributed by atoms with E-state index in [0.717, 1.165) is 0 Å². The molecule has 0 aromatic heterocycles. The molecule has 1 aromatic carbocycles. The number of benzene rings is 1. The van der Waals surface area contributed by atoms with E-state index in [-0.39, 0.29) is 0 Å². The summed E-state index contributed by atoms with van der Waals surface area (Å²) in [6.07, 6.45) is 11.3. The Morgan fingerprint density at radius 3 is 2.81 bits per heavy atom. The molecule has 0 spiro atoms. The fraction of sp³-hybridized carbons (Fsp3) is 0.250. The SMILES string of the molecule is C/C=C(\C)c1cccc(C2=CCCC=C2)c1. The molecule has 1 aliphatic carbocycles. The number of hydrogen-bond donors (Lipinski definition) is 0. The molecule has 1 aliphatic rings. The van der Waals surface area contributed by atoms with Gasteiger partial charge in [0, 0.05) is 0 Å². The summed E-state index contributed by atoms with van der Waals surface area (Å²) >= 11 is 0. The number of rotatable bonds is 2. The van der Waals surface area contributed by atoms with E-state index in [2.05, 4.69) is 62.4 Å². The highest BCUT2D eigenvalue weighted by atomic mass is 14.1. The van der Waals surface area contributed by atoms with Crippen LogP contribution in [0, 0.1) is 0 Å². The monoisotopic (exact) mass is 210 g/mol. The first-order valence-corrected chi connectivity index (χ1v) is 5.91. The molecule has 0 N–H and O–H groups in total. The van der Waals surface area contributed by atoms with Crippen molar-refractivity contribution in [3.05, 3.63) is 59.7 Å². The molecule has 0 fully saturated rings. The summed E-state index contributed by atoms with van der Waals surface area (Å²) in [5.41, 5.74) is 5.34. The van der Waals surface area contributed by atoms with Crippen molar-refractivity contribution in [1.29, 1.82) is 0 Å². The molecule has 82 valence electrons. The molecule has 0 bridgehead atoms. The Labute approximate surface area is 98.0 Å². The zero-order chi connectivity index (χ0) is 11.4. The van der Waals surface area contributed by atoms with E-state index in [1.54, 1.807) is 0 Å². The van der Waals surface area contributed by atoms with Crippen molar-refractivity contribution in [2.24, 2.45) is 0 Å². The molecular formula is C16H18. The summed E-state index contributed by atoms with van der Waals surface area (Å²) in [5, 5.41) is 0. The van der Waals surface area contributed by atoms with E-state index in [1.165, 1.54) is 35.1 Å². The van der Waals surface area contributed by atoms with Gasteiger partial charge in [-0.2, -0.15) is 0 Å². The minimum atomic E-state index is 1.17. The Bertz CT molecular complexity index is 459. The minimum absolute atomic E-state index is 1.17. The average Bonchev–Trinajstić information content (AvgIpc) is 2.39. The summed E-state index contributed by atoms with van der Waals surface area (Å²) in [5.74, 6) is 0. The van der Waals surface area contributed by atoms with Crippen molar-refractivity contribution >= 4 is 11.1 Å². The van der Waals surface area contributed by atoms with Crippen molar-refractivity contribution in [3.8, 4) is 0 Å². The van der Waals surface area contributed by atoms with Crippen molar-refractivity contribution in [2.45, 2.75) is 26.7 Å². The fourth-order valence-corrected chi connectivity index (χ4v) is 1.94. The lowest BCUT2D eigenvalue weighted by Crippen LogP contribution is -1.88. The van der Waals surface area contributed by atoms with Crippen LogP contribution in [0.4, 0.5) is 0 Å². The Balaban J connectivity index is 2.36. The highest BCUT2D eigenvalue weighted by Gasteiger charge is 2.02. The highest BCUT2D eigenvalue weighted by Crippen LogP contribution is 2.24. The highest BCUT2D eigenvalue weighted by molar-refractivity contribution is 5.77. The van der Waals surface area contributed by atoms with Crippen LogP contribution in [0.3, 0.4) is 0 Å². The first-order valence-electron chi connectivity index (χ1n) is 5.91. The quantitative estimate of drug-likeness (QED) is 0.655. The third-order valence-corrected chi connectivity index (χ3v) is 3.08. The van der Waals surface area contributed by atoms with Crippen LogP contribution >= 0.6 is 0 Å².